The van der Waals surface area contributed by atoms with Gasteiger partial charge in [-0.3, -0.25) is 4.79 Å². The molecule has 116 valence electrons. The van der Waals surface area contributed by atoms with Gasteiger partial charge in [-0.1, -0.05) is 22.0 Å². The topological polar surface area (TPSA) is 38.3 Å². The first-order valence-electron chi connectivity index (χ1n) is 6.82. The van der Waals surface area contributed by atoms with Crippen LogP contribution in [-0.2, 0) is 4.79 Å². The van der Waals surface area contributed by atoms with Crippen LogP contribution in [0.25, 0.3) is 0 Å². The van der Waals surface area contributed by atoms with Crippen LogP contribution in [0.5, 0.6) is 5.75 Å². The predicted molar refractivity (Wildman–Crippen MR) is 88.9 cm³/mol. The lowest BCUT2D eigenvalue weighted by atomic mass is 10.1. The Morgan fingerprint density at radius 2 is 1.95 bits per heavy atom. The first-order valence-corrected chi connectivity index (χ1v) is 7.61. The average molecular weight is 366 g/mol. The van der Waals surface area contributed by atoms with Crippen molar-refractivity contribution >= 4 is 27.5 Å². The number of amides is 1. The highest BCUT2D eigenvalue weighted by molar-refractivity contribution is 9.10. The number of carbonyl (C=O) groups is 1. The van der Waals surface area contributed by atoms with Crippen molar-refractivity contribution in [2.45, 2.75) is 20.8 Å². The van der Waals surface area contributed by atoms with Crippen molar-refractivity contribution in [1.82, 2.24) is 0 Å². The number of ether oxygens (including phenoxy) is 1. The van der Waals surface area contributed by atoms with Crippen molar-refractivity contribution in [2.75, 3.05) is 11.9 Å². The second-order valence-electron chi connectivity index (χ2n) is 5.17. The van der Waals surface area contributed by atoms with E-state index in [2.05, 4.69) is 27.3 Å². The number of benzene rings is 2. The summed E-state index contributed by atoms with van der Waals surface area (Å²) >= 11 is 3.17. The zero-order valence-electron chi connectivity index (χ0n) is 12.7. The van der Waals surface area contributed by atoms with Gasteiger partial charge in [-0.15, -0.1) is 0 Å². The molecule has 0 bridgehead atoms. The van der Waals surface area contributed by atoms with Gasteiger partial charge in [0.15, 0.2) is 6.61 Å². The Balaban J connectivity index is 2.01. The van der Waals surface area contributed by atoms with Crippen molar-refractivity contribution in [3.8, 4) is 5.75 Å². The van der Waals surface area contributed by atoms with Gasteiger partial charge in [0.05, 0.1) is 5.69 Å². The molecule has 0 unspecified atom stereocenters. The molecule has 0 saturated carbocycles. The summed E-state index contributed by atoms with van der Waals surface area (Å²) in [6.07, 6.45) is 0. The van der Waals surface area contributed by atoms with Gasteiger partial charge in [0, 0.05) is 4.47 Å². The minimum Gasteiger partial charge on any atom is -0.483 e. The van der Waals surface area contributed by atoms with Crippen LogP contribution >= 0.6 is 15.9 Å². The number of hydrogen-bond donors (Lipinski definition) is 1. The molecule has 0 saturated heterocycles. The minimum atomic E-state index is -0.495. The SMILES string of the molecule is Cc1cc(C)c(C)c(OCC(=O)Nc2ccc(Br)cc2F)c1. The van der Waals surface area contributed by atoms with E-state index in [1.807, 2.05) is 26.8 Å². The second-order valence-corrected chi connectivity index (χ2v) is 6.08. The van der Waals surface area contributed by atoms with E-state index in [4.69, 9.17) is 4.74 Å². The lowest BCUT2D eigenvalue weighted by molar-refractivity contribution is -0.118. The first-order chi connectivity index (χ1) is 10.4. The molecule has 0 radical (unpaired) electrons. The summed E-state index contributed by atoms with van der Waals surface area (Å²) in [6, 6.07) is 8.40. The molecule has 5 heteroatoms. The van der Waals surface area contributed by atoms with Crippen LogP contribution < -0.4 is 10.1 Å². The maximum atomic E-state index is 13.7. The molecule has 1 amide bonds. The Labute approximate surface area is 137 Å². The molecular formula is C17H17BrFNO2. The maximum Gasteiger partial charge on any atom is 0.262 e. The smallest absolute Gasteiger partial charge is 0.262 e. The van der Waals surface area contributed by atoms with Crippen LogP contribution in [0, 0.1) is 26.6 Å². The van der Waals surface area contributed by atoms with E-state index in [1.165, 1.54) is 12.1 Å². The maximum absolute atomic E-state index is 13.7. The lowest BCUT2D eigenvalue weighted by Gasteiger charge is -2.12. The minimum absolute atomic E-state index is 0.133. The summed E-state index contributed by atoms with van der Waals surface area (Å²) in [5.74, 6) is -0.228. The number of rotatable bonds is 4. The standard InChI is InChI=1S/C17H17BrFNO2/c1-10-6-11(2)12(3)16(7-10)22-9-17(21)20-15-5-4-13(18)8-14(15)19/h4-8H,9H2,1-3H3,(H,20,21). The van der Waals surface area contributed by atoms with Gasteiger partial charge in [0.1, 0.15) is 11.6 Å². The molecule has 2 rings (SSSR count). The molecule has 0 atom stereocenters. The zero-order valence-corrected chi connectivity index (χ0v) is 14.3. The summed E-state index contributed by atoms with van der Waals surface area (Å²) in [5, 5.41) is 2.50. The number of anilines is 1. The Bertz CT molecular complexity index is 716. The molecular weight excluding hydrogens is 349 g/mol. The Morgan fingerprint density at radius 1 is 1.23 bits per heavy atom. The molecule has 0 fully saturated rings. The molecule has 3 nitrogen and oxygen atoms in total. The average Bonchev–Trinajstić information content (AvgIpc) is 2.44. The van der Waals surface area contributed by atoms with E-state index in [1.54, 1.807) is 6.07 Å². The van der Waals surface area contributed by atoms with Crippen LogP contribution in [0.4, 0.5) is 10.1 Å². The van der Waals surface area contributed by atoms with E-state index in [9.17, 15) is 9.18 Å². The number of aryl methyl sites for hydroxylation is 2. The third kappa shape index (κ3) is 4.07. The van der Waals surface area contributed by atoms with Gasteiger partial charge in [0.25, 0.3) is 5.91 Å². The highest BCUT2D eigenvalue weighted by atomic mass is 79.9. The Morgan fingerprint density at radius 3 is 2.64 bits per heavy atom. The highest BCUT2D eigenvalue weighted by Crippen LogP contribution is 2.23. The fraction of sp³-hybridized carbons (Fsp3) is 0.235. The van der Waals surface area contributed by atoms with Gasteiger partial charge >= 0.3 is 0 Å². The van der Waals surface area contributed by atoms with E-state index in [0.717, 1.165) is 16.7 Å². The second kappa shape index (κ2) is 6.92. The largest absolute Gasteiger partial charge is 0.483 e. The normalized spacial score (nSPS) is 10.4. The molecule has 0 aliphatic carbocycles. The molecule has 2 aromatic rings. The van der Waals surface area contributed by atoms with Gasteiger partial charge in [-0.2, -0.15) is 0 Å². The summed E-state index contributed by atoms with van der Waals surface area (Å²) in [6.45, 7) is 5.73. The van der Waals surface area contributed by atoms with Gasteiger partial charge in [-0.25, -0.2) is 4.39 Å². The van der Waals surface area contributed by atoms with Crippen molar-refractivity contribution in [3.63, 3.8) is 0 Å². The molecule has 0 aliphatic rings. The molecule has 2 aromatic carbocycles. The number of carbonyl (C=O) groups excluding carboxylic acids is 1. The van der Waals surface area contributed by atoms with Crippen LogP contribution in [0.3, 0.4) is 0 Å². The predicted octanol–water partition coefficient (Wildman–Crippen LogP) is 4.53. The van der Waals surface area contributed by atoms with Crippen LogP contribution in [0.2, 0.25) is 0 Å². The van der Waals surface area contributed by atoms with Crippen molar-refractivity contribution < 1.29 is 13.9 Å². The number of nitrogens with one attached hydrogen (secondary N) is 1. The van der Waals surface area contributed by atoms with Crippen LogP contribution in [-0.4, -0.2) is 12.5 Å². The number of halogens is 2. The molecule has 1 N–H and O–H groups in total. The van der Waals surface area contributed by atoms with E-state index in [-0.39, 0.29) is 12.3 Å². The van der Waals surface area contributed by atoms with E-state index < -0.39 is 11.7 Å². The quantitative estimate of drug-likeness (QED) is 0.864. The van der Waals surface area contributed by atoms with Gasteiger partial charge < -0.3 is 10.1 Å². The molecule has 22 heavy (non-hydrogen) atoms. The lowest BCUT2D eigenvalue weighted by Crippen LogP contribution is -2.21. The Hall–Kier alpha value is -1.88. The molecule has 0 heterocycles. The van der Waals surface area contributed by atoms with Crippen molar-refractivity contribution in [2.24, 2.45) is 0 Å². The fourth-order valence-electron chi connectivity index (χ4n) is 2.07. The third-order valence-electron chi connectivity index (χ3n) is 3.33. The Kier molecular flexibility index (Phi) is 5.19. The monoisotopic (exact) mass is 365 g/mol. The first kappa shape index (κ1) is 16.5. The van der Waals surface area contributed by atoms with Crippen molar-refractivity contribution in [1.29, 1.82) is 0 Å². The molecule has 0 aliphatic heterocycles. The van der Waals surface area contributed by atoms with Crippen molar-refractivity contribution in [3.05, 3.63) is 57.3 Å². The highest BCUT2D eigenvalue weighted by Gasteiger charge is 2.10. The zero-order chi connectivity index (χ0) is 16.3. The van der Waals surface area contributed by atoms with E-state index >= 15 is 0 Å². The van der Waals surface area contributed by atoms with E-state index in [0.29, 0.717) is 10.2 Å². The summed E-state index contributed by atoms with van der Waals surface area (Å²) in [7, 11) is 0. The van der Waals surface area contributed by atoms with Crippen LogP contribution in [0.15, 0.2) is 34.8 Å². The fourth-order valence-corrected chi connectivity index (χ4v) is 2.40. The summed E-state index contributed by atoms with van der Waals surface area (Å²) < 4.78 is 19.8. The van der Waals surface area contributed by atoms with Gasteiger partial charge in [-0.05, 0) is 61.7 Å². The van der Waals surface area contributed by atoms with Crippen LogP contribution in [0.1, 0.15) is 16.7 Å². The summed E-state index contributed by atoms with van der Waals surface area (Å²) in [5.41, 5.74) is 3.30. The molecule has 0 aromatic heterocycles. The summed E-state index contributed by atoms with van der Waals surface area (Å²) in [4.78, 5) is 11.9. The third-order valence-corrected chi connectivity index (χ3v) is 3.82. The molecule has 0 spiro atoms. The van der Waals surface area contributed by atoms with Gasteiger partial charge in [0.2, 0.25) is 0 Å². The number of hydrogen-bond acceptors (Lipinski definition) is 2.